The lowest BCUT2D eigenvalue weighted by Crippen LogP contribution is -2.37. The van der Waals surface area contributed by atoms with E-state index in [2.05, 4.69) is 15.6 Å². The number of aromatic nitrogens is 1. The minimum Gasteiger partial charge on any atom is -0.490 e. The van der Waals surface area contributed by atoms with Gasteiger partial charge in [-0.05, 0) is 19.1 Å². The molecule has 0 saturated carbocycles. The third kappa shape index (κ3) is 5.61. The molecule has 0 fully saturated rings. The monoisotopic (exact) mass is 538 g/mol. The number of ether oxygens (including phenoxy) is 2. The second-order valence-corrected chi connectivity index (χ2v) is 6.94. The maximum atomic E-state index is 6.13. The standard InChI is InChI=1S/C19H24Cl2N4O2.HI/c1-3-22-19(24-12-14-10-15(20)18(21)25(14)2)23-11-13-6-4-7-16-17(13)27-9-5-8-26-16;/h4,6-7,10H,3,5,8-9,11-12H2,1-2H3,(H2,22,23,24);1H. The van der Waals surface area contributed by atoms with Gasteiger partial charge < -0.3 is 24.7 Å². The largest absolute Gasteiger partial charge is 0.490 e. The van der Waals surface area contributed by atoms with Crippen LogP contribution in [0.1, 0.15) is 24.6 Å². The quantitative estimate of drug-likeness (QED) is 0.337. The van der Waals surface area contributed by atoms with E-state index in [1.807, 2.05) is 42.8 Å². The third-order valence-corrected chi connectivity index (χ3v) is 5.10. The summed E-state index contributed by atoms with van der Waals surface area (Å²) in [6.07, 6.45) is 0.878. The van der Waals surface area contributed by atoms with E-state index < -0.39 is 0 Å². The summed E-state index contributed by atoms with van der Waals surface area (Å²) in [6, 6.07) is 7.76. The minimum absolute atomic E-state index is 0. The molecule has 2 aromatic rings. The SMILES string of the molecule is CCNC(=NCc1cccc2c1OCCCO2)NCc1cc(Cl)c(Cl)n1C.I. The second kappa shape index (κ2) is 11.0. The molecule has 1 aliphatic rings. The van der Waals surface area contributed by atoms with Gasteiger partial charge in [0, 0.05) is 31.3 Å². The molecule has 9 heteroatoms. The van der Waals surface area contributed by atoms with Crippen LogP contribution in [0.4, 0.5) is 0 Å². The normalized spacial score (nSPS) is 13.5. The molecule has 0 bridgehead atoms. The third-order valence-electron chi connectivity index (χ3n) is 4.26. The van der Waals surface area contributed by atoms with Gasteiger partial charge in [-0.3, -0.25) is 0 Å². The van der Waals surface area contributed by atoms with Crippen molar-refractivity contribution in [1.29, 1.82) is 0 Å². The van der Waals surface area contributed by atoms with Crippen LogP contribution < -0.4 is 20.1 Å². The van der Waals surface area contributed by atoms with Crippen LogP contribution in [-0.2, 0) is 20.1 Å². The average molecular weight is 539 g/mol. The van der Waals surface area contributed by atoms with Gasteiger partial charge in [-0.15, -0.1) is 24.0 Å². The number of nitrogens with one attached hydrogen (secondary N) is 2. The number of rotatable bonds is 5. The number of benzene rings is 1. The van der Waals surface area contributed by atoms with Crippen molar-refractivity contribution in [2.24, 2.45) is 12.0 Å². The highest BCUT2D eigenvalue weighted by Gasteiger charge is 2.14. The molecule has 1 aromatic carbocycles. The number of hydrogen-bond acceptors (Lipinski definition) is 3. The molecule has 0 unspecified atom stereocenters. The maximum Gasteiger partial charge on any atom is 0.191 e. The molecule has 2 N–H and O–H groups in total. The Balaban J connectivity index is 0.00000280. The number of aliphatic imine (C=N–C) groups is 1. The van der Waals surface area contributed by atoms with Gasteiger partial charge in [-0.25, -0.2) is 4.99 Å². The maximum absolute atomic E-state index is 6.13. The molecule has 0 saturated heterocycles. The van der Waals surface area contributed by atoms with Crippen molar-refractivity contribution in [1.82, 2.24) is 15.2 Å². The summed E-state index contributed by atoms with van der Waals surface area (Å²) in [5, 5.41) is 7.63. The first kappa shape index (κ1) is 23.0. The van der Waals surface area contributed by atoms with Crippen molar-refractivity contribution < 1.29 is 9.47 Å². The van der Waals surface area contributed by atoms with Gasteiger partial charge in [-0.1, -0.05) is 35.3 Å². The summed E-state index contributed by atoms with van der Waals surface area (Å²) < 4.78 is 13.5. The first-order valence-electron chi connectivity index (χ1n) is 8.99. The van der Waals surface area contributed by atoms with Crippen LogP contribution in [0, 0.1) is 0 Å². The van der Waals surface area contributed by atoms with E-state index in [0.29, 0.717) is 42.4 Å². The number of guanidine groups is 1. The van der Waals surface area contributed by atoms with Crippen molar-refractivity contribution in [2.75, 3.05) is 19.8 Å². The van der Waals surface area contributed by atoms with E-state index >= 15 is 0 Å². The second-order valence-electron chi connectivity index (χ2n) is 6.18. The van der Waals surface area contributed by atoms with Gasteiger partial charge in [-0.2, -0.15) is 0 Å². The topological polar surface area (TPSA) is 59.8 Å². The van der Waals surface area contributed by atoms with Crippen LogP contribution >= 0.6 is 47.2 Å². The molecule has 0 atom stereocenters. The Morgan fingerprint density at radius 3 is 2.71 bits per heavy atom. The van der Waals surface area contributed by atoms with Crippen LogP contribution in [0.3, 0.4) is 0 Å². The predicted octanol–water partition coefficient (Wildman–Crippen LogP) is 4.37. The Morgan fingerprint density at radius 1 is 1.21 bits per heavy atom. The lowest BCUT2D eigenvalue weighted by atomic mass is 10.2. The average Bonchev–Trinajstić information content (AvgIpc) is 2.86. The van der Waals surface area contributed by atoms with Crippen LogP contribution in [0.5, 0.6) is 11.5 Å². The summed E-state index contributed by atoms with van der Waals surface area (Å²) in [7, 11) is 1.88. The van der Waals surface area contributed by atoms with Gasteiger partial charge in [0.1, 0.15) is 5.15 Å². The molecule has 0 radical (unpaired) electrons. The van der Waals surface area contributed by atoms with Crippen molar-refractivity contribution in [2.45, 2.75) is 26.4 Å². The lowest BCUT2D eigenvalue weighted by molar-refractivity contribution is 0.296. The molecule has 6 nitrogen and oxygen atoms in total. The molecule has 2 heterocycles. The first-order chi connectivity index (χ1) is 13.1. The Bertz CT molecular complexity index is 827. The Labute approximate surface area is 192 Å². The van der Waals surface area contributed by atoms with E-state index in [0.717, 1.165) is 35.7 Å². The number of halogens is 3. The highest BCUT2D eigenvalue weighted by Crippen LogP contribution is 2.33. The Kier molecular flexibility index (Phi) is 9.04. The molecular weight excluding hydrogens is 514 g/mol. The van der Waals surface area contributed by atoms with Gasteiger partial charge in [0.05, 0.1) is 31.3 Å². The van der Waals surface area contributed by atoms with Crippen LogP contribution in [0.25, 0.3) is 0 Å². The fourth-order valence-corrected chi connectivity index (χ4v) is 3.23. The molecular formula is C19H25Cl2IN4O2. The van der Waals surface area contributed by atoms with E-state index in [4.69, 9.17) is 32.7 Å². The van der Waals surface area contributed by atoms with Crippen molar-refractivity contribution >= 4 is 53.1 Å². The van der Waals surface area contributed by atoms with Gasteiger partial charge >= 0.3 is 0 Å². The Hall–Kier alpha value is -1.32. The van der Waals surface area contributed by atoms with Crippen molar-refractivity contribution in [3.8, 4) is 11.5 Å². The van der Waals surface area contributed by atoms with Gasteiger partial charge in [0.15, 0.2) is 17.5 Å². The smallest absolute Gasteiger partial charge is 0.191 e. The van der Waals surface area contributed by atoms with Crippen LogP contribution in [-0.4, -0.2) is 30.3 Å². The zero-order valence-corrected chi connectivity index (χ0v) is 19.8. The highest BCUT2D eigenvalue weighted by atomic mass is 127. The molecule has 3 rings (SSSR count). The summed E-state index contributed by atoms with van der Waals surface area (Å²) in [5.74, 6) is 2.28. The predicted molar refractivity (Wildman–Crippen MR) is 125 cm³/mol. The van der Waals surface area contributed by atoms with Crippen molar-refractivity contribution in [3.63, 3.8) is 0 Å². The molecule has 0 aliphatic carbocycles. The van der Waals surface area contributed by atoms with Crippen LogP contribution in [0.15, 0.2) is 29.3 Å². The summed E-state index contributed by atoms with van der Waals surface area (Å²) in [5.41, 5.74) is 1.97. The Morgan fingerprint density at radius 2 is 2.00 bits per heavy atom. The fraction of sp³-hybridized carbons (Fsp3) is 0.421. The molecule has 1 aliphatic heterocycles. The molecule has 154 valence electrons. The summed E-state index contributed by atoms with van der Waals surface area (Å²) in [4.78, 5) is 4.68. The number of para-hydroxylation sites is 1. The zero-order valence-electron chi connectivity index (χ0n) is 15.9. The van der Waals surface area contributed by atoms with E-state index in [-0.39, 0.29) is 24.0 Å². The summed E-state index contributed by atoms with van der Waals surface area (Å²) in [6.45, 7) is 5.15. The molecule has 28 heavy (non-hydrogen) atoms. The number of fused-ring (bicyclic) bond motifs is 1. The van der Waals surface area contributed by atoms with E-state index in [1.165, 1.54) is 0 Å². The molecule has 1 aromatic heterocycles. The fourth-order valence-electron chi connectivity index (χ4n) is 2.82. The van der Waals surface area contributed by atoms with Crippen LogP contribution in [0.2, 0.25) is 10.2 Å². The number of nitrogens with zero attached hydrogens (tertiary/aromatic N) is 2. The lowest BCUT2D eigenvalue weighted by Gasteiger charge is -2.14. The molecule has 0 amide bonds. The minimum atomic E-state index is 0. The van der Waals surface area contributed by atoms with E-state index in [9.17, 15) is 0 Å². The van der Waals surface area contributed by atoms with E-state index in [1.54, 1.807) is 0 Å². The number of hydrogen-bond donors (Lipinski definition) is 2. The van der Waals surface area contributed by atoms with Gasteiger partial charge in [0.25, 0.3) is 0 Å². The first-order valence-corrected chi connectivity index (χ1v) is 9.75. The van der Waals surface area contributed by atoms with Crippen molar-refractivity contribution in [3.05, 3.63) is 45.7 Å². The summed E-state index contributed by atoms with van der Waals surface area (Å²) >= 11 is 12.2. The van der Waals surface area contributed by atoms with Gasteiger partial charge in [0.2, 0.25) is 0 Å². The molecule has 0 spiro atoms. The zero-order chi connectivity index (χ0) is 19.2. The highest BCUT2D eigenvalue weighted by molar-refractivity contribution is 14.0.